The summed E-state index contributed by atoms with van der Waals surface area (Å²) in [5, 5.41) is 9.43. The van der Waals surface area contributed by atoms with E-state index in [1.54, 1.807) is 18.2 Å². The maximum atomic E-state index is 12.5. The molecule has 0 spiro atoms. The zero-order valence-corrected chi connectivity index (χ0v) is 12.3. The fourth-order valence-corrected chi connectivity index (χ4v) is 4.29. The average Bonchev–Trinajstić information content (AvgIpc) is 2.87. The monoisotopic (exact) mass is 297 g/mol. The molecule has 1 aliphatic rings. The Kier molecular flexibility index (Phi) is 4.15. The number of carbonyl (C=O) groups is 1. The summed E-state index contributed by atoms with van der Waals surface area (Å²) in [7, 11) is -3.59. The number of hydrogen-bond donors (Lipinski definition) is 1. The highest BCUT2D eigenvalue weighted by Gasteiger charge is 2.47. The normalized spacial score (nSPS) is 23.9. The molecule has 0 aliphatic carbocycles. The van der Waals surface area contributed by atoms with Crippen LogP contribution >= 0.6 is 0 Å². The van der Waals surface area contributed by atoms with Crippen molar-refractivity contribution in [1.29, 1.82) is 0 Å². The van der Waals surface area contributed by atoms with Crippen LogP contribution in [0.3, 0.4) is 0 Å². The number of sulfonamides is 1. The number of nitrogens with zero attached hydrogens (tertiary/aromatic N) is 1. The van der Waals surface area contributed by atoms with Gasteiger partial charge in [0.05, 0.1) is 10.3 Å². The van der Waals surface area contributed by atoms with Crippen molar-refractivity contribution in [2.24, 2.45) is 5.41 Å². The van der Waals surface area contributed by atoms with Crippen molar-refractivity contribution in [2.45, 2.75) is 31.1 Å². The van der Waals surface area contributed by atoms with Crippen molar-refractivity contribution in [3.05, 3.63) is 30.3 Å². The van der Waals surface area contributed by atoms with E-state index in [9.17, 15) is 18.3 Å². The van der Waals surface area contributed by atoms with Gasteiger partial charge in [0.2, 0.25) is 10.0 Å². The maximum absolute atomic E-state index is 12.5. The molecule has 110 valence electrons. The van der Waals surface area contributed by atoms with Gasteiger partial charge in [-0.3, -0.25) is 4.79 Å². The van der Waals surface area contributed by atoms with Crippen LogP contribution in [-0.4, -0.2) is 36.9 Å². The Bertz CT molecular complexity index is 584. The van der Waals surface area contributed by atoms with E-state index in [1.165, 1.54) is 16.4 Å². The number of benzene rings is 1. The molecule has 20 heavy (non-hydrogen) atoms. The van der Waals surface area contributed by atoms with Gasteiger partial charge >= 0.3 is 5.97 Å². The smallest absolute Gasteiger partial charge is 0.311 e. The third-order valence-corrected chi connectivity index (χ3v) is 5.74. The zero-order valence-electron chi connectivity index (χ0n) is 11.4. The first-order valence-corrected chi connectivity index (χ1v) is 8.15. The van der Waals surface area contributed by atoms with Crippen LogP contribution in [0.5, 0.6) is 0 Å². The minimum absolute atomic E-state index is 0.0629. The molecule has 2 rings (SSSR count). The van der Waals surface area contributed by atoms with E-state index in [2.05, 4.69) is 0 Å². The van der Waals surface area contributed by atoms with E-state index < -0.39 is 21.4 Å². The first-order valence-electron chi connectivity index (χ1n) is 6.71. The van der Waals surface area contributed by atoms with Crippen LogP contribution in [-0.2, 0) is 14.8 Å². The Morgan fingerprint density at radius 3 is 2.55 bits per heavy atom. The molecule has 0 radical (unpaired) electrons. The topological polar surface area (TPSA) is 74.7 Å². The third-order valence-electron chi connectivity index (χ3n) is 3.88. The fourth-order valence-electron chi connectivity index (χ4n) is 2.75. The maximum Gasteiger partial charge on any atom is 0.311 e. The van der Waals surface area contributed by atoms with Gasteiger partial charge < -0.3 is 5.11 Å². The predicted octanol–water partition coefficient (Wildman–Crippen LogP) is 1.95. The average molecular weight is 297 g/mol. The molecule has 1 N–H and O–H groups in total. The van der Waals surface area contributed by atoms with Crippen molar-refractivity contribution in [3.8, 4) is 0 Å². The molecule has 1 saturated heterocycles. The Morgan fingerprint density at radius 2 is 2.00 bits per heavy atom. The second-order valence-corrected chi connectivity index (χ2v) is 7.18. The first kappa shape index (κ1) is 15.0. The second-order valence-electron chi connectivity index (χ2n) is 5.24. The lowest BCUT2D eigenvalue weighted by Gasteiger charge is -2.24. The van der Waals surface area contributed by atoms with E-state index in [4.69, 9.17) is 0 Å². The van der Waals surface area contributed by atoms with Crippen molar-refractivity contribution in [1.82, 2.24) is 4.31 Å². The summed E-state index contributed by atoms with van der Waals surface area (Å²) < 4.78 is 26.3. The van der Waals surface area contributed by atoms with Crippen LogP contribution in [0, 0.1) is 5.41 Å². The molecule has 1 heterocycles. The van der Waals surface area contributed by atoms with Gasteiger partial charge in [-0.05, 0) is 25.0 Å². The Labute approximate surface area is 119 Å². The van der Waals surface area contributed by atoms with E-state index in [-0.39, 0.29) is 18.0 Å². The quantitative estimate of drug-likeness (QED) is 0.901. The van der Waals surface area contributed by atoms with Crippen LogP contribution in [0.2, 0.25) is 0 Å². The summed E-state index contributed by atoms with van der Waals surface area (Å²) >= 11 is 0. The summed E-state index contributed by atoms with van der Waals surface area (Å²) in [5.41, 5.74) is -0.934. The van der Waals surface area contributed by atoms with Gasteiger partial charge in [0.15, 0.2) is 0 Å². The molecule has 1 atom stereocenters. The van der Waals surface area contributed by atoms with E-state index in [0.29, 0.717) is 12.8 Å². The van der Waals surface area contributed by atoms with Crippen molar-refractivity contribution < 1.29 is 18.3 Å². The molecular weight excluding hydrogens is 278 g/mol. The molecule has 1 aromatic carbocycles. The molecular formula is C14H19NO4S. The molecule has 1 fully saturated rings. The van der Waals surface area contributed by atoms with Gasteiger partial charge in [-0.25, -0.2) is 8.42 Å². The molecule has 1 aliphatic heterocycles. The standard InChI is InChI=1S/C14H19NO4S/c1-2-8-14(13(16)17)9-10-15(11-14)20(18,19)12-6-4-3-5-7-12/h3-7H,2,8-11H2,1H3,(H,16,17). The highest BCUT2D eigenvalue weighted by molar-refractivity contribution is 7.89. The molecule has 0 aromatic heterocycles. The number of carboxylic acid groups (broad SMARTS) is 1. The van der Waals surface area contributed by atoms with Gasteiger partial charge in [-0.1, -0.05) is 31.5 Å². The zero-order chi connectivity index (χ0) is 14.8. The first-order chi connectivity index (χ1) is 9.42. The molecule has 5 nitrogen and oxygen atoms in total. The van der Waals surface area contributed by atoms with Gasteiger partial charge in [0, 0.05) is 13.1 Å². The summed E-state index contributed by atoms with van der Waals surface area (Å²) in [6.45, 7) is 2.25. The molecule has 6 heteroatoms. The van der Waals surface area contributed by atoms with Crippen LogP contribution < -0.4 is 0 Å². The molecule has 0 saturated carbocycles. The minimum atomic E-state index is -3.59. The summed E-state index contributed by atoms with van der Waals surface area (Å²) in [5.74, 6) is -0.898. The van der Waals surface area contributed by atoms with Gasteiger partial charge in [-0.15, -0.1) is 0 Å². The number of rotatable bonds is 5. The van der Waals surface area contributed by atoms with Crippen molar-refractivity contribution in [2.75, 3.05) is 13.1 Å². The second kappa shape index (κ2) is 5.54. The van der Waals surface area contributed by atoms with Crippen LogP contribution in [0.4, 0.5) is 0 Å². The van der Waals surface area contributed by atoms with E-state index in [0.717, 1.165) is 6.42 Å². The van der Waals surface area contributed by atoms with Crippen LogP contribution in [0.15, 0.2) is 35.2 Å². The summed E-state index contributed by atoms with van der Waals surface area (Å²) in [4.78, 5) is 11.7. The van der Waals surface area contributed by atoms with Crippen LogP contribution in [0.1, 0.15) is 26.2 Å². The molecule has 0 bridgehead atoms. The molecule has 1 unspecified atom stereocenters. The van der Waals surface area contributed by atoms with Gasteiger partial charge in [0.25, 0.3) is 0 Å². The lowest BCUT2D eigenvalue weighted by molar-refractivity contribution is -0.148. The number of hydrogen-bond acceptors (Lipinski definition) is 3. The third kappa shape index (κ3) is 2.58. The van der Waals surface area contributed by atoms with Gasteiger partial charge in [-0.2, -0.15) is 4.31 Å². The largest absolute Gasteiger partial charge is 0.481 e. The van der Waals surface area contributed by atoms with Crippen LogP contribution in [0.25, 0.3) is 0 Å². The molecule has 1 aromatic rings. The summed E-state index contributed by atoms with van der Waals surface area (Å²) in [6.07, 6.45) is 1.61. The van der Waals surface area contributed by atoms with Crippen molar-refractivity contribution >= 4 is 16.0 Å². The predicted molar refractivity (Wildman–Crippen MR) is 74.8 cm³/mol. The lowest BCUT2D eigenvalue weighted by atomic mass is 9.83. The van der Waals surface area contributed by atoms with Crippen molar-refractivity contribution in [3.63, 3.8) is 0 Å². The summed E-state index contributed by atoms with van der Waals surface area (Å²) in [6, 6.07) is 8.16. The Balaban J connectivity index is 2.27. The van der Waals surface area contributed by atoms with E-state index in [1.807, 2.05) is 6.92 Å². The number of aliphatic carboxylic acids is 1. The highest BCUT2D eigenvalue weighted by atomic mass is 32.2. The Morgan fingerprint density at radius 1 is 1.35 bits per heavy atom. The Hall–Kier alpha value is -1.40. The van der Waals surface area contributed by atoms with Gasteiger partial charge in [0.1, 0.15) is 0 Å². The minimum Gasteiger partial charge on any atom is -0.481 e. The van der Waals surface area contributed by atoms with E-state index >= 15 is 0 Å². The lowest BCUT2D eigenvalue weighted by Crippen LogP contribution is -2.36. The highest BCUT2D eigenvalue weighted by Crippen LogP contribution is 2.37. The SMILES string of the molecule is CCCC1(C(=O)O)CCN(S(=O)(=O)c2ccccc2)C1. The number of carboxylic acids is 1. The molecule has 0 amide bonds. The fraction of sp³-hybridized carbons (Fsp3) is 0.500.